The van der Waals surface area contributed by atoms with Crippen LogP contribution in [0.3, 0.4) is 0 Å². The molecular formula is C21H32N4O6S. The first-order chi connectivity index (χ1) is 15.1. The van der Waals surface area contributed by atoms with Crippen LogP contribution in [0, 0.1) is 11.3 Å². The summed E-state index contributed by atoms with van der Waals surface area (Å²) in [5, 5.41) is 38.6. The molecule has 0 spiro atoms. The van der Waals surface area contributed by atoms with Crippen LogP contribution in [0.15, 0.2) is 29.2 Å². The van der Waals surface area contributed by atoms with Crippen LogP contribution in [0.1, 0.15) is 12.5 Å². The molecule has 1 aromatic carbocycles. The number of hydrogen-bond donors (Lipinski definition) is 4. The van der Waals surface area contributed by atoms with Crippen LogP contribution in [0.5, 0.6) is 0 Å². The van der Waals surface area contributed by atoms with Crippen LogP contribution in [-0.4, -0.2) is 99.9 Å². The number of hydrogen-bond acceptors (Lipinski definition) is 9. The minimum Gasteiger partial charge on any atom is -0.391 e. The molecule has 0 saturated carbocycles. The first-order valence-corrected chi connectivity index (χ1v) is 11.8. The molecule has 10 nitrogen and oxygen atoms in total. The van der Waals surface area contributed by atoms with Crippen molar-refractivity contribution in [3.05, 3.63) is 34.7 Å². The van der Waals surface area contributed by atoms with Gasteiger partial charge in [0, 0.05) is 45.5 Å². The van der Waals surface area contributed by atoms with Crippen molar-refractivity contribution in [2.45, 2.75) is 31.3 Å². The summed E-state index contributed by atoms with van der Waals surface area (Å²) in [7, 11) is -0.880. The van der Waals surface area contributed by atoms with Gasteiger partial charge in [-0.25, -0.2) is 13.1 Å². The minimum absolute atomic E-state index is 0.398. The van der Waals surface area contributed by atoms with Gasteiger partial charge in [0.25, 0.3) is 10.0 Å². The van der Waals surface area contributed by atoms with Crippen LogP contribution in [0.4, 0.5) is 5.69 Å². The number of rotatable bonds is 10. The summed E-state index contributed by atoms with van der Waals surface area (Å²) in [5.74, 6) is 0. The average Bonchev–Trinajstić information content (AvgIpc) is 2.77. The predicted molar refractivity (Wildman–Crippen MR) is 121 cm³/mol. The van der Waals surface area contributed by atoms with Crippen molar-refractivity contribution in [1.82, 2.24) is 9.62 Å². The standard InChI is InChI=1S/C21H32N4O6S/c1-15(26)20(27)21(28)19(31-3)14-23-32(29,30)18(13-22)12-16-4-6-17(7-5-16)25-10-8-24(2)9-11-25/h4-7,12,15,19-21,23,26-28H,8-11,14H2,1-3H3/b18-12+/t15-,19+,20+,21+/m0/s1. The van der Waals surface area contributed by atoms with Gasteiger partial charge in [0.15, 0.2) is 4.91 Å². The number of nitrogens with one attached hydrogen (secondary N) is 1. The van der Waals surface area contributed by atoms with Gasteiger partial charge in [-0.1, -0.05) is 12.1 Å². The Bertz CT molecular complexity index is 905. The molecule has 4 N–H and O–H groups in total. The molecule has 0 aromatic heterocycles. The summed E-state index contributed by atoms with van der Waals surface area (Å²) >= 11 is 0. The van der Waals surface area contributed by atoms with Crippen LogP contribution >= 0.6 is 0 Å². The molecule has 1 fully saturated rings. The van der Waals surface area contributed by atoms with Gasteiger partial charge in [-0.2, -0.15) is 5.26 Å². The summed E-state index contributed by atoms with van der Waals surface area (Å²) in [4.78, 5) is 4.00. The predicted octanol–water partition coefficient (Wildman–Crippen LogP) is -0.660. The Hall–Kier alpha value is -2.04. The Labute approximate surface area is 189 Å². The Morgan fingerprint density at radius 1 is 1.19 bits per heavy atom. The molecule has 0 bridgehead atoms. The van der Waals surface area contributed by atoms with E-state index in [0.717, 1.165) is 31.9 Å². The lowest BCUT2D eigenvalue weighted by Gasteiger charge is -2.34. The normalized spacial score (nSPS) is 19.8. The second kappa shape index (κ2) is 11.7. The third kappa shape index (κ3) is 6.98. The molecule has 11 heteroatoms. The minimum atomic E-state index is -4.19. The molecule has 0 aliphatic carbocycles. The monoisotopic (exact) mass is 468 g/mol. The van der Waals surface area contributed by atoms with Gasteiger partial charge in [-0.3, -0.25) is 0 Å². The van der Waals surface area contributed by atoms with Gasteiger partial charge in [0.05, 0.1) is 12.2 Å². The molecule has 178 valence electrons. The fourth-order valence-corrected chi connectivity index (χ4v) is 4.24. The van der Waals surface area contributed by atoms with E-state index < -0.39 is 45.9 Å². The van der Waals surface area contributed by atoms with Crippen LogP contribution in [0.2, 0.25) is 0 Å². The van der Waals surface area contributed by atoms with E-state index in [-0.39, 0.29) is 0 Å². The molecular weight excluding hydrogens is 436 g/mol. The third-order valence-corrected chi connectivity index (χ3v) is 6.80. The van der Waals surface area contributed by atoms with E-state index in [1.165, 1.54) is 20.1 Å². The largest absolute Gasteiger partial charge is 0.391 e. The summed E-state index contributed by atoms with van der Waals surface area (Å²) in [5.41, 5.74) is 1.58. The van der Waals surface area contributed by atoms with Crippen molar-refractivity contribution < 1.29 is 28.5 Å². The maximum Gasteiger partial charge on any atom is 0.250 e. The summed E-state index contributed by atoms with van der Waals surface area (Å²) in [6.45, 7) is 4.64. The number of anilines is 1. The molecule has 32 heavy (non-hydrogen) atoms. The molecule has 1 aliphatic rings. The molecule has 1 saturated heterocycles. The van der Waals surface area contributed by atoms with Gasteiger partial charge in [-0.15, -0.1) is 0 Å². The van der Waals surface area contributed by atoms with Crippen LogP contribution in [-0.2, 0) is 14.8 Å². The number of nitrogens with zero attached hydrogens (tertiary/aromatic N) is 3. The maximum atomic E-state index is 12.6. The molecule has 0 amide bonds. The molecule has 4 atom stereocenters. The molecule has 1 aliphatic heterocycles. The van der Waals surface area contributed by atoms with Crippen LogP contribution in [0.25, 0.3) is 6.08 Å². The number of allylic oxidation sites excluding steroid dienone is 1. The number of sulfonamides is 1. The van der Waals surface area contributed by atoms with E-state index in [1.807, 2.05) is 12.1 Å². The number of likely N-dealkylation sites (N-methyl/N-ethyl adjacent to an activating group) is 1. The number of aliphatic hydroxyl groups excluding tert-OH is 3. The average molecular weight is 469 g/mol. The molecule has 0 radical (unpaired) electrons. The van der Waals surface area contributed by atoms with E-state index in [2.05, 4.69) is 21.6 Å². The lowest BCUT2D eigenvalue weighted by Crippen LogP contribution is -2.49. The molecule has 1 heterocycles. The van der Waals surface area contributed by atoms with Crippen molar-refractivity contribution in [2.75, 3.05) is 51.8 Å². The Morgan fingerprint density at radius 3 is 2.28 bits per heavy atom. The highest BCUT2D eigenvalue weighted by molar-refractivity contribution is 7.93. The maximum absolute atomic E-state index is 12.6. The lowest BCUT2D eigenvalue weighted by atomic mass is 10.0. The van der Waals surface area contributed by atoms with Crippen LogP contribution < -0.4 is 9.62 Å². The highest BCUT2D eigenvalue weighted by atomic mass is 32.2. The number of methoxy groups -OCH3 is 1. The van der Waals surface area contributed by atoms with Crippen molar-refractivity contribution >= 4 is 21.8 Å². The molecule has 1 aromatic rings. The topological polar surface area (TPSA) is 146 Å². The second-order valence-electron chi connectivity index (χ2n) is 7.85. The van der Waals surface area contributed by atoms with E-state index in [1.54, 1.807) is 18.2 Å². The number of benzene rings is 1. The van der Waals surface area contributed by atoms with Gasteiger partial charge in [0.2, 0.25) is 0 Å². The zero-order valence-corrected chi connectivity index (χ0v) is 19.4. The van der Waals surface area contributed by atoms with Gasteiger partial charge in [-0.05, 0) is 37.7 Å². The van der Waals surface area contributed by atoms with Crippen molar-refractivity contribution in [2.24, 2.45) is 0 Å². The third-order valence-electron chi connectivity index (χ3n) is 5.46. The number of ether oxygens (including phenoxy) is 1. The smallest absolute Gasteiger partial charge is 0.250 e. The SMILES string of the molecule is CO[C@H](CNS(=O)(=O)/C(C#N)=C/c1ccc(N2CCN(C)CC2)cc1)[C@@H](O)[C@H](O)[C@H](C)O. The quantitative estimate of drug-likeness (QED) is 0.329. The van der Waals surface area contributed by atoms with Crippen molar-refractivity contribution in [3.8, 4) is 6.07 Å². The highest BCUT2D eigenvalue weighted by Gasteiger charge is 2.31. The summed E-state index contributed by atoms with van der Waals surface area (Å²) in [6, 6.07) is 8.97. The highest BCUT2D eigenvalue weighted by Crippen LogP contribution is 2.19. The van der Waals surface area contributed by atoms with E-state index in [0.29, 0.717) is 5.56 Å². The Balaban J connectivity index is 2.08. The Morgan fingerprint density at radius 2 is 1.78 bits per heavy atom. The first-order valence-electron chi connectivity index (χ1n) is 10.3. The summed E-state index contributed by atoms with van der Waals surface area (Å²) in [6.07, 6.45) is -4.15. The Kier molecular flexibility index (Phi) is 9.60. The summed E-state index contributed by atoms with van der Waals surface area (Å²) < 4.78 is 32.4. The van der Waals surface area contributed by atoms with Crippen molar-refractivity contribution in [3.63, 3.8) is 0 Å². The zero-order chi connectivity index (χ0) is 23.9. The van der Waals surface area contributed by atoms with E-state index in [9.17, 15) is 29.0 Å². The number of aliphatic hydroxyl groups is 3. The first kappa shape index (κ1) is 26.2. The zero-order valence-electron chi connectivity index (χ0n) is 18.5. The number of piperazine rings is 1. The lowest BCUT2D eigenvalue weighted by molar-refractivity contribution is -0.108. The van der Waals surface area contributed by atoms with E-state index in [4.69, 9.17) is 4.74 Å². The fourth-order valence-electron chi connectivity index (χ4n) is 3.29. The molecule has 0 unspecified atom stereocenters. The van der Waals surface area contributed by atoms with Gasteiger partial charge in [0.1, 0.15) is 18.3 Å². The van der Waals surface area contributed by atoms with E-state index >= 15 is 0 Å². The van der Waals surface area contributed by atoms with Gasteiger partial charge < -0.3 is 29.9 Å². The fraction of sp³-hybridized carbons (Fsp3) is 0.571. The van der Waals surface area contributed by atoms with Gasteiger partial charge >= 0.3 is 0 Å². The molecule has 2 rings (SSSR count). The second-order valence-corrected chi connectivity index (χ2v) is 9.59. The number of nitriles is 1. The van der Waals surface area contributed by atoms with Crippen molar-refractivity contribution in [1.29, 1.82) is 5.26 Å².